The first kappa shape index (κ1) is 21.0. The molecule has 2 aromatic carbocycles. The lowest BCUT2D eigenvalue weighted by Crippen LogP contribution is -2.33. The Hall–Kier alpha value is -4.21. The van der Waals surface area contributed by atoms with Gasteiger partial charge in [0, 0.05) is 19.8 Å². The van der Waals surface area contributed by atoms with Gasteiger partial charge in [0.05, 0.1) is 30.1 Å². The number of nitrogens with one attached hydrogen (secondary N) is 2. The molecule has 0 aliphatic rings. The van der Waals surface area contributed by atoms with Crippen LogP contribution in [0, 0.1) is 11.6 Å². The molecule has 10 heteroatoms. The third kappa shape index (κ3) is 4.43. The van der Waals surface area contributed by atoms with Crippen LogP contribution in [0.25, 0.3) is 11.0 Å². The van der Waals surface area contributed by atoms with E-state index in [-0.39, 0.29) is 18.7 Å². The smallest absolute Gasteiger partial charge is 0.266 e. The fourth-order valence-corrected chi connectivity index (χ4v) is 3.12. The van der Waals surface area contributed by atoms with Gasteiger partial charge in [-0.25, -0.2) is 18.7 Å². The van der Waals surface area contributed by atoms with Crippen LogP contribution < -0.4 is 16.2 Å². The van der Waals surface area contributed by atoms with Gasteiger partial charge in [-0.3, -0.25) is 19.1 Å². The van der Waals surface area contributed by atoms with E-state index in [1.165, 1.54) is 18.6 Å². The predicted molar refractivity (Wildman–Crippen MR) is 114 cm³/mol. The van der Waals surface area contributed by atoms with Crippen molar-refractivity contribution in [3.05, 3.63) is 93.8 Å². The molecule has 0 aliphatic heterocycles. The maximum Gasteiger partial charge on any atom is 0.266 e. The van der Waals surface area contributed by atoms with E-state index in [1.807, 2.05) is 0 Å². The number of benzene rings is 2. The maximum absolute atomic E-state index is 13.4. The third-order valence-corrected chi connectivity index (χ3v) is 4.80. The average Bonchev–Trinajstić information content (AvgIpc) is 2.80. The first-order chi connectivity index (χ1) is 15.4. The fourth-order valence-electron chi connectivity index (χ4n) is 3.12. The van der Waals surface area contributed by atoms with Crippen LogP contribution in [0.3, 0.4) is 0 Å². The molecule has 2 aromatic heterocycles. The molecule has 0 saturated heterocycles. The number of carbonyl (C=O) groups excluding carboxylic acids is 1. The fraction of sp³-hybridized carbons (Fsp3) is 0.136. The number of aromatic nitrogens is 4. The minimum absolute atomic E-state index is 0.0543. The summed E-state index contributed by atoms with van der Waals surface area (Å²) in [6, 6.07) is 8.74. The number of hydrogen-bond donors (Lipinski definition) is 2. The lowest BCUT2D eigenvalue weighted by molar-refractivity contribution is 0.0948. The zero-order chi connectivity index (χ0) is 22.7. The minimum atomic E-state index is -1.01. The highest BCUT2D eigenvalue weighted by Gasteiger charge is 2.14. The van der Waals surface area contributed by atoms with Crippen molar-refractivity contribution in [1.82, 2.24) is 24.8 Å². The molecule has 2 heterocycles. The standard InChI is InChI=1S/C22H18F2N6O2/c1-25-20-10-27-18-5-3-13(7-19(18)29-20)8-28-21(31)15-9-26-12-30(22(15)32)11-14-2-4-16(23)17(24)6-14/h2-7,9-10,12H,8,11H2,1H3,(H,25,29)(H,28,31). The molecule has 0 unspecified atom stereocenters. The second-order valence-electron chi connectivity index (χ2n) is 7.00. The van der Waals surface area contributed by atoms with Crippen LogP contribution in [-0.2, 0) is 13.1 Å². The summed E-state index contributed by atoms with van der Waals surface area (Å²) in [5.74, 6) is -1.97. The van der Waals surface area contributed by atoms with Gasteiger partial charge in [0.25, 0.3) is 11.5 Å². The number of anilines is 1. The number of hydrogen-bond acceptors (Lipinski definition) is 6. The van der Waals surface area contributed by atoms with Gasteiger partial charge < -0.3 is 10.6 Å². The predicted octanol–water partition coefficient (Wildman–Crippen LogP) is 2.48. The number of fused-ring (bicyclic) bond motifs is 1. The highest BCUT2D eigenvalue weighted by atomic mass is 19.2. The van der Waals surface area contributed by atoms with Gasteiger partial charge in [0.1, 0.15) is 11.4 Å². The van der Waals surface area contributed by atoms with E-state index >= 15 is 0 Å². The molecular weight excluding hydrogens is 418 g/mol. The van der Waals surface area contributed by atoms with E-state index in [0.29, 0.717) is 22.4 Å². The van der Waals surface area contributed by atoms with Gasteiger partial charge in [-0.15, -0.1) is 0 Å². The number of rotatable bonds is 6. The summed E-state index contributed by atoms with van der Waals surface area (Å²) in [5, 5.41) is 5.61. The quantitative estimate of drug-likeness (QED) is 0.482. The Morgan fingerprint density at radius 1 is 1.03 bits per heavy atom. The van der Waals surface area contributed by atoms with Crippen LogP contribution >= 0.6 is 0 Å². The molecule has 8 nitrogen and oxygen atoms in total. The summed E-state index contributed by atoms with van der Waals surface area (Å²) in [7, 11) is 1.74. The molecule has 32 heavy (non-hydrogen) atoms. The molecule has 1 amide bonds. The summed E-state index contributed by atoms with van der Waals surface area (Å²) in [5.41, 5.74) is 1.77. The summed E-state index contributed by atoms with van der Waals surface area (Å²) >= 11 is 0. The normalized spacial score (nSPS) is 10.8. The molecule has 0 aliphatic carbocycles. The van der Waals surface area contributed by atoms with E-state index in [2.05, 4.69) is 25.6 Å². The van der Waals surface area contributed by atoms with Crippen molar-refractivity contribution in [2.75, 3.05) is 12.4 Å². The second kappa shape index (κ2) is 8.88. The molecule has 0 bridgehead atoms. The first-order valence-electron chi connectivity index (χ1n) is 9.64. The molecule has 0 spiro atoms. The summed E-state index contributed by atoms with van der Waals surface area (Å²) in [6.07, 6.45) is 4.03. The van der Waals surface area contributed by atoms with E-state index in [1.54, 1.807) is 31.4 Å². The van der Waals surface area contributed by atoms with Gasteiger partial charge in [-0.1, -0.05) is 12.1 Å². The zero-order valence-electron chi connectivity index (χ0n) is 17.0. The van der Waals surface area contributed by atoms with Gasteiger partial charge >= 0.3 is 0 Å². The Labute approximate surface area is 181 Å². The summed E-state index contributed by atoms with van der Waals surface area (Å²) < 4.78 is 27.7. The largest absolute Gasteiger partial charge is 0.372 e. The van der Waals surface area contributed by atoms with Gasteiger partial charge in [-0.05, 0) is 35.4 Å². The topological polar surface area (TPSA) is 102 Å². The highest BCUT2D eigenvalue weighted by Crippen LogP contribution is 2.14. The van der Waals surface area contributed by atoms with Gasteiger partial charge in [0.15, 0.2) is 11.6 Å². The Balaban J connectivity index is 1.50. The Morgan fingerprint density at radius 2 is 1.84 bits per heavy atom. The van der Waals surface area contributed by atoms with E-state index < -0.39 is 23.1 Å². The average molecular weight is 436 g/mol. The Morgan fingerprint density at radius 3 is 2.62 bits per heavy atom. The molecule has 4 aromatic rings. The molecule has 0 fully saturated rings. The molecule has 0 radical (unpaired) electrons. The number of carbonyl (C=O) groups is 1. The second-order valence-corrected chi connectivity index (χ2v) is 7.00. The van der Waals surface area contributed by atoms with Crippen molar-refractivity contribution in [2.24, 2.45) is 0 Å². The van der Waals surface area contributed by atoms with E-state index in [9.17, 15) is 18.4 Å². The monoisotopic (exact) mass is 436 g/mol. The van der Waals surface area contributed by atoms with Gasteiger partial charge in [-0.2, -0.15) is 0 Å². The van der Waals surface area contributed by atoms with E-state index in [0.717, 1.165) is 22.3 Å². The highest BCUT2D eigenvalue weighted by molar-refractivity contribution is 5.93. The molecule has 0 atom stereocenters. The molecule has 0 saturated carbocycles. The zero-order valence-corrected chi connectivity index (χ0v) is 17.0. The lowest BCUT2D eigenvalue weighted by Gasteiger charge is -2.09. The van der Waals surface area contributed by atoms with Gasteiger partial charge in [0.2, 0.25) is 0 Å². The number of amides is 1. The third-order valence-electron chi connectivity index (χ3n) is 4.80. The lowest BCUT2D eigenvalue weighted by atomic mass is 10.2. The van der Waals surface area contributed by atoms with Crippen molar-refractivity contribution in [2.45, 2.75) is 13.1 Å². The van der Waals surface area contributed by atoms with Crippen molar-refractivity contribution < 1.29 is 13.6 Å². The molecule has 4 rings (SSSR count). The van der Waals surface area contributed by atoms with Crippen molar-refractivity contribution in [3.8, 4) is 0 Å². The van der Waals surface area contributed by atoms with Crippen molar-refractivity contribution in [1.29, 1.82) is 0 Å². The Bertz CT molecular complexity index is 1370. The molecule has 2 N–H and O–H groups in total. The summed E-state index contributed by atoms with van der Waals surface area (Å²) in [4.78, 5) is 37.9. The molecule has 162 valence electrons. The van der Waals surface area contributed by atoms with Crippen LogP contribution in [0.1, 0.15) is 21.5 Å². The number of nitrogens with zero attached hydrogens (tertiary/aromatic N) is 4. The first-order valence-corrected chi connectivity index (χ1v) is 9.64. The van der Waals surface area contributed by atoms with Crippen molar-refractivity contribution in [3.63, 3.8) is 0 Å². The molecular formula is C22H18F2N6O2. The van der Waals surface area contributed by atoms with Crippen molar-refractivity contribution >= 4 is 22.8 Å². The van der Waals surface area contributed by atoms with Crippen LogP contribution in [-0.4, -0.2) is 32.5 Å². The SMILES string of the molecule is CNc1cnc2ccc(CNC(=O)c3cncn(Cc4ccc(F)c(F)c4)c3=O)cc2n1. The summed E-state index contributed by atoms with van der Waals surface area (Å²) in [6.45, 7) is 0.110. The number of halogens is 2. The minimum Gasteiger partial charge on any atom is -0.372 e. The van der Waals surface area contributed by atoms with Crippen LogP contribution in [0.4, 0.5) is 14.6 Å². The van der Waals surface area contributed by atoms with Crippen LogP contribution in [0.15, 0.2) is 59.9 Å². The van der Waals surface area contributed by atoms with E-state index in [4.69, 9.17) is 0 Å². The van der Waals surface area contributed by atoms with Crippen LogP contribution in [0.5, 0.6) is 0 Å². The maximum atomic E-state index is 13.4. The Kier molecular flexibility index (Phi) is 5.84. The van der Waals surface area contributed by atoms with Crippen LogP contribution in [0.2, 0.25) is 0 Å².